The van der Waals surface area contributed by atoms with Gasteiger partial charge in [0.25, 0.3) is 0 Å². The highest BCUT2D eigenvalue weighted by Gasteiger charge is 2.34. The van der Waals surface area contributed by atoms with Crippen molar-refractivity contribution in [2.24, 2.45) is 0 Å². The molecule has 1 aliphatic carbocycles. The van der Waals surface area contributed by atoms with Crippen molar-refractivity contribution in [2.75, 3.05) is 19.6 Å². The van der Waals surface area contributed by atoms with Crippen molar-refractivity contribution in [1.82, 2.24) is 19.8 Å². The van der Waals surface area contributed by atoms with Gasteiger partial charge in [-0.25, -0.2) is 9.97 Å². The summed E-state index contributed by atoms with van der Waals surface area (Å²) < 4.78 is 0. The molecule has 4 nitrogen and oxygen atoms in total. The molecule has 2 aliphatic heterocycles. The van der Waals surface area contributed by atoms with Gasteiger partial charge >= 0.3 is 0 Å². The van der Waals surface area contributed by atoms with Gasteiger partial charge in [0.15, 0.2) is 0 Å². The molecule has 2 saturated heterocycles. The molecule has 1 atom stereocenters. The Morgan fingerprint density at radius 2 is 1.67 bits per heavy atom. The van der Waals surface area contributed by atoms with E-state index in [-0.39, 0.29) is 0 Å². The first-order chi connectivity index (χ1) is 11.8. The summed E-state index contributed by atoms with van der Waals surface area (Å²) in [5, 5.41) is 0. The van der Waals surface area contributed by atoms with Gasteiger partial charge in [-0.1, -0.05) is 25.7 Å². The van der Waals surface area contributed by atoms with Crippen molar-refractivity contribution in [3.8, 4) is 0 Å². The van der Waals surface area contributed by atoms with E-state index in [0.29, 0.717) is 5.92 Å². The number of likely N-dealkylation sites (tertiary alicyclic amines) is 2. The van der Waals surface area contributed by atoms with Crippen molar-refractivity contribution in [2.45, 2.75) is 82.8 Å². The monoisotopic (exact) mass is 328 g/mol. The quantitative estimate of drug-likeness (QED) is 0.845. The highest BCUT2D eigenvalue weighted by molar-refractivity contribution is 5.09. The van der Waals surface area contributed by atoms with Gasteiger partial charge in [0, 0.05) is 55.6 Å². The summed E-state index contributed by atoms with van der Waals surface area (Å²) in [7, 11) is 0. The summed E-state index contributed by atoms with van der Waals surface area (Å²) in [6.45, 7) is 7.16. The first-order valence-corrected chi connectivity index (χ1v) is 10.1. The maximum absolute atomic E-state index is 4.69. The fourth-order valence-electron chi connectivity index (χ4n) is 4.82. The Balaban J connectivity index is 1.26. The molecule has 1 aromatic rings. The summed E-state index contributed by atoms with van der Waals surface area (Å²) in [4.78, 5) is 14.7. The van der Waals surface area contributed by atoms with E-state index in [9.17, 15) is 0 Å². The lowest BCUT2D eigenvalue weighted by Crippen LogP contribution is -2.61. The van der Waals surface area contributed by atoms with E-state index in [2.05, 4.69) is 39.1 Å². The Bertz CT molecular complexity index is 517. The topological polar surface area (TPSA) is 32.3 Å². The summed E-state index contributed by atoms with van der Waals surface area (Å²) >= 11 is 0. The first-order valence-electron chi connectivity index (χ1n) is 10.1. The van der Waals surface area contributed by atoms with E-state index in [1.807, 2.05) is 0 Å². The van der Waals surface area contributed by atoms with E-state index >= 15 is 0 Å². The second kappa shape index (κ2) is 7.49. The fourth-order valence-corrected chi connectivity index (χ4v) is 4.82. The number of nitrogens with zero attached hydrogens (tertiary/aromatic N) is 4. The molecule has 0 spiro atoms. The molecule has 3 aliphatic rings. The van der Waals surface area contributed by atoms with E-state index in [0.717, 1.165) is 24.5 Å². The number of aromatic nitrogens is 2. The van der Waals surface area contributed by atoms with Crippen molar-refractivity contribution < 1.29 is 0 Å². The van der Waals surface area contributed by atoms with Crippen LogP contribution in [0.5, 0.6) is 0 Å². The van der Waals surface area contributed by atoms with Gasteiger partial charge in [0.1, 0.15) is 5.82 Å². The molecule has 3 fully saturated rings. The highest BCUT2D eigenvalue weighted by Crippen LogP contribution is 2.30. The number of piperidine rings is 1. The lowest BCUT2D eigenvalue weighted by molar-refractivity contribution is -0.00629. The lowest BCUT2D eigenvalue weighted by Gasteiger charge is -2.49. The van der Waals surface area contributed by atoms with Crippen LogP contribution in [0.15, 0.2) is 12.4 Å². The molecular formula is C20H32N4. The van der Waals surface area contributed by atoms with Crippen LogP contribution in [0.3, 0.4) is 0 Å². The molecule has 4 rings (SSSR count). The molecule has 24 heavy (non-hydrogen) atoms. The van der Waals surface area contributed by atoms with Gasteiger partial charge in [0.05, 0.1) is 0 Å². The zero-order valence-electron chi connectivity index (χ0n) is 15.2. The van der Waals surface area contributed by atoms with E-state index in [4.69, 9.17) is 0 Å². The molecule has 0 N–H and O–H groups in total. The van der Waals surface area contributed by atoms with Gasteiger partial charge in [-0.15, -0.1) is 0 Å². The molecule has 4 heteroatoms. The average Bonchev–Trinajstić information content (AvgIpc) is 2.60. The van der Waals surface area contributed by atoms with Gasteiger partial charge < -0.3 is 0 Å². The summed E-state index contributed by atoms with van der Waals surface area (Å²) in [5.74, 6) is 1.70. The predicted octanol–water partition coefficient (Wildman–Crippen LogP) is 3.58. The fraction of sp³-hybridized carbons (Fsp3) is 0.800. The second-order valence-electron chi connectivity index (χ2n) is 8.21. The Morgan fingerprint density at radius 3 is 2.38 bits per heavy atom. The van der Waals surface area contributed by atoms with Crippen LogP contribution in [0.4, 0.5) is 0 Å². The number of rotatable bonds is 4. The first kappa shape index (κ1) is 16.5. The minimum Gasteiger partial charge on any atom is -0.296 e. The third kappa shape index (κ3) is 3.65. The zero-order chi connectivity index (χ0) is 16.4. The number of hydrogen-bond acceptors (Lipinski definition) is 4. The van der Waals surface area contributed by atoms with Crippen molar-refractivity contribution in [3.05, 3.63) is 23.8 Å². The van der Waals surface area contributed by atoms with Crippen molar-refractivity contribution in [3.63, 3.8) is 0 Å². The molecule has 1 unspecified atom stereocenters. The smallest absolute Gasteiger partial charge is 0.131 e. The summed E-state index contributed by atoms with van der Waals surface area (Å²) in [6, 6.07) is 1.56. The normalized spacial score (nSPS) is 28.0. The Morgan fingerprint density at radius 1 is 0.958 bits per heavy atom. The van der Waals surface area contributed by atoms with Crippen LogP contribution in [0.2, 0.25) is 0 Å². The minimum absolute atomic E-state index is 0.613. The van der Waals surface area contributed by atoms with Crippen molar-refractivity contribution in [1.29, 1.82) is 0 Å². The second-order valence-corrected chi connectivity index (χ2v) is 8.21. The largest absolute Gasteiger partial charge is 0.296 e. The van der Waals surface area contributed by atoms with Crippen LogP contribution in [-0.2, 0) is 6.54 Å². The Hall–Kier alpha value is -1.00. The van der Waals surface area contributed by atoms with E-state index < -0.39 is 0 Å². The maximum atomic E-state index is 4.69. The Labute approximate surface area is 146 Å². The highest BCUT2D eigenvalue weighted by atomic mass is 15.3. The van der Waals surface area contributed by atoms with Gasteiger partial charge in [-0.3, -0.25) is 9.80 Å². The molecule has 0 bridgehead atoms. The van der Waals surface area contributed by atoms with Crippen LogP contribution in [0, 0.1) is 0 Å². The third-order valence-corrected chi connectivity index (χ3v) is 6.36. The van der Waals surface area contributed by atoms with Gasteiger partial charge in [0.2, 0.25) is 0 Å². The molecule has 1 saturated carbocycles. The average molecular weight is 329 g/mol. The SMILES string of the molecule is CC1CCCCN1C1CN(Cc2cnc(C3CCCCC3)nc2)C1. The van der Waals surface area contributed by atoms with Crippen molar-refractivity contribution >= 4 is 0 Å². The lowest BCUT2D eigenvalue weighted by atomic mass is 9.89. The van der Waals surface area contributed by atoms with Crippen LogP contribution in [0.1, 0.15) is 75.6 Å². The standard InChI is InChI=1S/C20H32N4/c1-16-7-5-6-10-24(16)19-14-23(15-19)13-17-11-21-20(22-12-17)18-8-3-2-4-9-18/h11-12,16,18-19H,2-10,13-15H2,1H3. The van der Waals surface area contributed by atoms with E-state index in [1.54, 1.807) is 0 Å². The maximum Gasteiger partial charge on any atom is 0.131 e. The van der Waals surface area contributed by atoms with E-state index in [1.165, 1.54) is 76.6 Å². The zero-order valence-corrected chi connectivity index (χ0v) is 15.2. The molecule has 132 valence electrons. The van der Waals surface area contributed by atoms with Crippen LogP contribution in [0.25, 0.3) is 0 Å². The predicted molar refractivity (Wildman–Crippen MR) is 96.9 cm³/mol. The van der Waals surface area contributed by atoms with Gasteiger partial charge in [-0.05, 0) is 39.2 Å². The van der Waals surface area contributed by atoms with Crippen LogP contribution < -0.4 is 0 Å². The molecular weight excluding hydrogens is 296 g/mol. The molecule has 0 amide bonds. The summed E-state index contributed by atoms with van der Waals surface area (Å²) in [6.07, 6.45) is 15.0. The Kier molecular flexibility index (Phi) is 5.14. The number of hydrogen-bond donors (Lipinski definition) is 0. The molecule has 0 aromatic carbocycles. The molecule has 0 radical (unpaired) electrons. The van der Waals surface area contributed by atoms with Gasteiger partial charge in [-0.2, -0.15) is 0 Å². The van der Waals surface area contributed by atoms with Crippen LogP contribution >= 0.6 is 0 Å². The molecule has 1 aromatic heterocycles. The summed E-state index contributed by atoms with van der Waals surface area (Å²) in [5.41, 5.74) is 1.28. The minimum atomic E-state index is 0.613. The van der Waals surface area contributed by atoms with Crippen LogP contribution in [-0.4, -0.2) is 51.5 Å². The third-order valence-electron chi connectivity index (χ3n) is 6.36. The molecule has 3 heterocycles.